The zero-order chi connectivity index (χ0) is 14.9. The van der Waals surface area contributed by atoms with Gasteiger partial charge in [0.2, 0.25) is 0 Å². The average Bonchev–Trinajstić information content (AvgIpc) is 2.91. The van der Waals surface area contributed by atoms with Gasteiger partial charge in [-0.2, -0.15) is 0 Å². The molecule has 116 valence electrons. The van der Waals surface area contributed by atoms with Crippen LogP contribution in [0.4, 0.5) is 5.69 Å². The number of nitrogens with zero attached hydrogens (tertiary/aromatic N) is 2. The molecule has 0 atom stereocenters. The van der Waals surface area contributed by atoms with Crippen LogP contribution in [0.5, 0.6) is 0 Å². The van der Waals surface area contributed by atoms with E-state index < -0.39 is 0 Å². The van der Waals surface area contributed by atoms with Crippen LogP contribution in [-0.2, 0) is 6.54 Å². The van der Waals surface area contributed by atoms with Crippen LogP contribution in [-0.4, -0.2) is 43.2 Å². The molecular formula is C18H29N3. The quantitative estimate of drug-likeness (QED) is 0.922. The van der Waals surface area contributed by atoms with Crippen molar-refractivity contribution in [2.45, 2.75) is 45.7 Å². The highest BCUT2D eigenvalue weighted by molar-refractivity contribution is 5.56. The molecule has 3 rings (SSSR count). The Bertz CT molecular complexity index is 489. The van der Waals surface area contributed by atoms with Crippen LogP contribution >= 0.6 is 0 Å². The van der Waals surface area contributed by atoms with Crippen LogP contribution in [0.1, 0.15) is 37.8 Å². The number of anilines is 1. The van der Waals surface area contributed by atoms with Crippen molar-refractivity contribution in [3.05, 3.63) is 29.3 Å². The largest absolute Gasteiger partial charge is 0.368 e. The Morgan fingerprint density at radius 3 is 2.67 bits per heavy atom. The van der Waals surface area contributed by atoms with Gasteiger partial charge in [-0.25, -0.2) is 0 Å². The molecule has 1 N–H and O–H groups in total. The second-order valence-corrected chi connectivity index (χ2v) is 7.34. The Labute approximate surface area is 129 Å². The predicted octanol–water partition coefficient (Wildman–Crippen LogP) is 2.78. The molecule has 1 fully saturated rings. The molecular weight excluding hydrogens is 258 g/mol. The number of rotatable bonds is 3. The van der Waals surface area contributed by atoms with E-state index in [9.17, 15) is 0 Å². The van der Waals surface area contributed by atoms with Gasteiger partial charge in [0.1, 0.15) is 0 Å². The maximum absolute atomic E-state index is 3.71. The molecule has 2 aliphatic heterocycles. The van der Waals surface area contributed by atoms with Crippen LogP contribution in [0.25, 0.3) is 0 Å². The van der Waals surface area contributed by atoms with Crippen molar-refractivity contribution in [1.82, 2.24) is 10.2 Å². The maximum Gasteiger partial charge on any atom is 0.0413 e. The van der Waals surface area contributed by atoms with Gasteiger partial charge in [0.25, 0.3) is 0 Å². The summed E-state index contributed by atoms with van der Waals surface area (Å²) in [4.78, 5) is 5.20. The first kappa shape index (κ1) is 14.9. The molecule has 0 amide bonds. The van der Waals surface area contributed by atoms with E-state index in [4.69, 9.17) is 0 Å². The number of hydrogen-bond acceptors (Lipinski definition) is 3. The lowest BCUT2D eigenvalue weighted by molar-refractivity contribution is 0.335. The van der Waals surface area contributed by atoms with Gasteiger partial charge in [0, 0.05) is 37.4 Å². The number of aryl methyl sites for hydroxylation is 1. The molecule has 2 aliphatic rings. The highest BCUT2D eigenvalue weighted by Gasteiger charge is 2.27. The SMILES string of the molecule is Cc1ccc2c(c1)CNC(C)(C)CN2CCN1CCCC1. The van der Waals surface area contributed by atoms with E-state index >= 15 is 0 Å². The van der Waals surface area contributed by atoms with Crippen LogP contribution in [0.15, 0.2) is 18.2 Å². The minimum Gasteiger partial charge on any atom is -0.368 e. The lowest BCUT2D eigenvalue weighted by atomic mass is 10.1. The zero-order valence-electron chi connectivity index (χ0n) is 13.8. The molecule has 0 unspecified atom stereocenters. The van der Waals surface area contributed by atoms with Crippen molar-refractivity contribution in [1.29, 1.82) is 0 Å². The van der Waals surface area contributed by atoms with E-state index in [0.717, 1.165) is 19.6 Å². The number of nitrogens with one attached hydrogen (secondary N) is 1. The summed E-state index contributed by atoms with van der Waals surface area (Å²) in [7, 11) is 0. The molecule has 0 bridgehead atoms. The Balaban J connectivity index is 1.78. The molecule has 2 heterocycles. The van der Waals surface area contributed by atoms with Crippen LogP contribution in [0, 0.1) is 6.92 Å². The highest BCUT2D eigenvalue weighted by Crippen LogP contribution is 2.27. The molecule has 0 aromatic heterocycles. The molecule has 3 nitrogen and oxygen atoms in total. The fourth-order valence-electron chi connectivity index (χ4n) is 3.58. The molecule has 1 aromatic rings. The van der Waals surface area contributed by atoms with Crippen LogP contribution in [0.3, 0.4) is 0 Å². The van der Waals surface area contributed by atoms with E-state index in [2.05, 4.69) is 54.1 Å². The minimum absolute atomic E-state index is 0.165. The van der Waals surface area contributed by atoms with Crippen molar-refractivity contribution < 1.29 is 0 Å². The summed E-state index contributed by atoms with van der Waals surface area (Å²) in [5, 5.41) is 3.71. The second-order valence-electron chi connectivity index (χ2n) is 7.34. The second kappa shape index (κ2) is 5.98. The predicted molar refractivity (Wildman–Crippen MR) is 90.0 cm³/mol. The fourth-order valence-corrected chi connectivity index (χ4v) is 3.58. The number of likely N-dealkylation sites (tertiary alicyclic amines) is 1. The minimum atomic E-state index is 0.165. The average molecular weight is 287 g/mol. The van der Waals surface area contributed by atoms with E-state index in [1.165, 1.54) is 49.3 Å². The zero-order valence-corrected chi connectivity index (χ0v) is 13.8. The summed E-state index contributed by atoms with van der Waals surface area (Å²) >= 11 is 0. The summed E-state index contributed by atoms with van der Waals surface area (Å²) < 4.78 is 0. The Morgan fingerprint density at radius 2 is 1.90 bits per heavy atom. The first-order valence-electron chi connectivity index (χ1n) is 8.35. The molecule has 0 spiro atoms. The number of hydrogen-bond donors (Lipinski definition) is 1. The number of benzene rings is 1. The molecule has 3 heteroatoms. The van der Waals surface area contributed by atoms with Crippen molar-refractivity contribution >= 4 is 5.69 Å². The first-order chi connectivity index (χ1) is 10.0. The smallest absolute Gasteiger partial charge is 0.0413 e. The lowest BCUT2D eigenvalue weighted by Crippen LogP contribution is -2.48. The van der Waals surface area contributed by atoms with Crippen molar-refractivity contribution in [2.24, 2.45) is 0 Å². The fraction of sp³-hybridized carbons (Fsp3) is 0.667. The molecule has 1 aromatic carbocycles. The molecule has 21 heavy (non-hydrogen) atoms. The Hall–Kier alpha value is -1.06. The van der Waals surface area contributed by atoms with E-state index in [1.807, 2.05) is 0 Å². The van der Waals surface area contributed by atoms with Gasteiger partial charge >= 0.3 is 0 Å². The van der Waals surface area contributed by atoms with Gasteiger partial charge < -0.3 is 15.1 Å². The van der Waals surface area contributed by atoms with Gasteiger partial charge in [-0.15, -0.1) is 0 Å². The highest BCUT2D eigenvalue weighted by atomic mass is 15.2. The Morgan fingerprint density at radius 1 is 1.14 bits per heavy atom. The topological polar surface area (TPSA) is 18.5 Å². The summed E-state index contributed by atoms with van der Waals surface area (Å²) in [5.74, 6) is 0. The lowest BCUT2D eigenvalue weighted by Gasteiger charge is -2.33. The Kier molecular flexibility index (Phi) is 4.23. The van der Waals surface area contributed by atoms with Crippen LogP contribution in [0.2, 0.25) is 0 Å². The standard InChI is InChI=1S/C18H29N3/c1-15-6-7-17-16(12-15)13-19-18(2,3)14-21(17)11-10-20-8-4-5-9-20/h6-7,12,19H,4-5,8-11,13-14H2,1-3H3. The third-order valence-electron chi connectivity index (χ3n) is 4.80. The van der Waals surface area contributed by atoms with E-state index in [1.54, 1.807) is 0 Å². The number of fused-ring (bicyclic) bond motifs is 1. The third-order valence-corrected chi connectivity index (χ3v) is 4.80. The summed E-state index contributed by atoms with van der Waals surface area (Å²) in [5.41, 5.74) is 4.40. The molecule has 1 saturated heterocycles. The van der Waals surface area contributed by atoms with Gasteiger partial charge in [-0.3, -0.25) is 0 Å². The van der Waals surface area contributed by atoms with E-state index in [0.29, 0.717) is 0 Å². The molecule has 0 aliphatic carbocycles. The van der Waals surface area contributed by atoms with Gasteiger partial charge in [-0.05, 0) is 58.3 Å². The monoisotopic (exact) mass is 287 g/mol. The van der Waals surface area contributed by atoms with E-state index in [-0.39, 0.29) is 5.54 Å². The van der Waals surface area contributed by atoms with Gasteiger partial charge in [0.05, 0.1) is 0 Å². The summed E-state index contributed by atoms with van der Waals surface area (Å²) in [6.45, 7) is 13.8. The van der Waals surface area contributed by atoms with Crippen molar-refractivity contribution in [3.8, 4) is 0 Å². The first-order valence-corrected chi connectivity index (χ1v) is 8.35. The van der Waals surface area contributed by atoms with Gasteiger partial charge in [0.15, 0.2) is 0 Å². The van der Waals surface area contributed by atoms with Crippen molar-refractivity contribution in [2.75, 3.05) is 37.6 Å². The normalized spacial score (nSPS) is 22.1. The van der Waals surface area contributed by atoms with Crippen molar-refractivity contribution in [3.63, 3.8) is 0 Å². The summed E-state index contributed by atoms with van der Waals surface area (Å²) in [6.07, 6.45) is 2.76. The molecule has 0 radical (unpaired) electrons. The van der Waals surface area contributed by atoms with Gasteiger partial charge in [-0.1, -0.05) is 17.7 Å². The third kappa shape index (κ3) is 3.58. The van der Waals surface area contributed by atoms with Crippen LogP contribution < -0.4 is 10.2 Å². The molecule has 0 saturated carbocycles. The summed E-state index contributed by atoms with van der Waals surface area (Å²) in [6, 6.07) is 6.91. The maximum atomic E-state index is 3.71.